The van der Waals surface area contributed by atoms with Crippen LogP contribution in [0.2, 0.25) is 10.0 Å². The summed E-state index contributed by atoms with van der Waals surface area (Å²) in [5.41, 5.74) is 1.97. The number of ether oxygens (including phenoxy) is 2. The van der Waals surface area contributed by atoms with Crippen LogP contribution in [0.25, 0.3) is 0 Å². The number of hydrogen-bond acceptors (Lipinski definition) is 3. The first-order chi connectivity index (χ1) is 11.1. The standard InChI is InChI=1S/C17H18BrCl2NO2.ClH/c1-22-7-6-21-10-13-8-14(18)3-5-17(13)23-11-12-2-4-15(19)9-16(12)20;/h2-5,8-9,21H,6-7,10-11H2,1H3;1H. The summed E-state index contributed by atoms with van der Waals surface area (Å²) in [7, 11) is 1.69. The molecule has 0 bridgehead atoms. The summed E-state index contributed by atoms with van der Waals surface area (Å²) in [5, 5.41) is 4.54. The lowest BCUT2D eigenvalue weighted by Crippen LogP contribution is -2.19. The zero-order chi connectivity index (χ0) is 16.7. The summed E-state index contributed by atoms with van der Waals surface area (Å²) in [4.78, 5) is 0. The van der Waals surface area contributed by atoms with Gasteiger partial charge in [-0.05, 0) is 30.3 Å². The predicted molar refractivity (Wildman–Crippen MR) is 106 cm³/mol. The number of halogens is 4. The Morgan fingerprint density at radius 2 is 1.88 bits per heavy atom. The molecule has 1 N–H and O–H groups in total. The Kier molecular flexibility index (Phi) is 10.0. The van der Waals surface area contributed by atoms with Gasteiger partial charge in [0, 0.05) is 45.8 Å². The van der Waals surface area contributed by atoms with E-state index in [1.54, 1.807) is 19.2 Å². The van der Waals surface area contributed by atoms with Crippen molar-refractivity contribution in [1.29, 1.82) is 0 Å². The molecule has 3 nitrogen and oxygen atoms in total. The van der Waals surface area contributed by atoms with Crippen molar-refractivity contribution in [3.05, 3.63) is 62.0 Å². The number of nitrogens with one attached hydrogen (secondary N) is 1. The van der Waals surface area contributed by atoms with Crippen molar-refractivity contribution in [2.45, 2.75) is 13.2 Å². The Bertz CT molecular complexity index is 656. The molecule has 0 saturated heterocycles. The van der Waals surface area contributed by atoms with Crippen LogP contribution in [-0.4, -0.2) is 20.3 Å². The van der Waals surface area contributed by atoms with Crippen LogP contribution in [0.3, 0.4) is 0 Å². The second-order valence-electron chi connectivity index (χ2n) is 4.95. The van der Waals surface area contributed by atoms with Crippen molar-refractivity contribution in [3.63, 3.8) is 0 Å². The van der Waals surface area contributed by atoms with Gasteiger partial charge < -0.3 is 14.8 Å². The Labute approximate surface area is 167 Å². The number of benzene rings is 2. The van der Waals surface area contributed by atoms with E-state index in [-0.39, 0.29) is 12.4 Å². The largest absolute Gasteiger partial charge is 0.489 e. The molecule has 0 unspecified atom stereocenters. The van der Waals surface area contributed by atoms with E-state index in [4.69, 9.17) is 32.7 Å². The van der Waals surface area contributed by atoms with E-state index in [0.717, 1.165) is 27.9 Å². The molecule has 0 amide bonds. The molecule has 0 atom stereocenters. The first kappa shape index (κ1) is 21.6. The number of methoxy groups -OCH3 is 1. The normalized spacial score (nSPS) is 10.3. The van der Waals surface area contributed by atoms with Crippen LogP contribution in [0, 0.1) is 0 Å². The van der Waals surface area contributed by atoms with E-state index in [2.05, 4.69) is 21.2 Å². The summed E-state index contributed by atoms with van der Waals surface area (Å²) in [6.45, 7) is 2.55. The molecule has 0 spiro atoms. The zero-order valence-electron chi connectivity index (χ0n) is 13.2. The van der Waals surface area contributed by atoms with Gasteiger partial charge in [0.15, 0.2) is 0 Å². The summed E-state index contributed by atoms with van der Waals surface area (Å²) in [6.07, 6.45) is 0. The summed E-state index contributed by atoms with van der Waals surface area (Å²) >= 11 is 15.6. The van der Waals surface area contributed by atoms with Gasteiger partial charge in [-0.25, -0.2) is 0 Å². The fourth-order valence-corrected chi connectivity index (χ4v) is 2.89. The fourth-order valence-electron chi connectivity index (χ4n) is 2.02. The highest BCUT2D eigenvalue weighted by atomic mass is 79.9. The van der Waals surface area contributed by atoms with Gasteiger partial charge in [0.25, 0.3) is 0 Å². The quantitative estimate of drug-likeness (QED) is 0.534. The molecule has 24 heavy (non-hydrogen) atoms. The minimum atomic E-state index is 0. The van der Waals surface area contributed by atoms with Crippen LogP contribution in [0.4, 0.5) is 0 Å². The first-order valence-corrected chi connectivity index (χ1v) is 8.70. The molecule has 0 radical (unpaired) electrons. The summed E-state index contributed by atoms with van der Waals surface area (Å²) in [6, 6.07) is 11.3. The maximum Gasteiger partial charge on any atom is 0.124 e. The average molecular weight is 456 g/mol. The highest BCUT2D eigenvalue weighted by molar-refractivity contribution is 9.10. The number of hydrogen-bond donors (Lipinski definition) is 1. The minimum absolute atomic E-state index is 0. The molecule has 7 heteroatoms. The van der Waals surface area contributed by atoms with E-state index >= 15 is 0 Å². The zero-order valence-corrected chi connectivity index (χ0v) is 17.1. The number of rotatable bonds is 8. The molecular formula is C17H19BrCl3NO2. The van der Waals surface area contributed by atoms with Gasteiger partial charge in [-0.2, -0.15) is 0 Å². The van der Waals surface area contributed by atoms with E-state index in [1.165, 1.54) is 0 Å². The van der Waals surface area contributed by atoms with Gasteiger partial charge in [0.05, 0.1) is 6.61 Å². The molecule has 0 aliphatic heterocycles. The third kappa shape index (κ3) is 6.79. The SMILES string of the molecule is COCCNCc1cc(Br)ccc1OCc1ccc(Cl)cc1Cl.Cl. The lowest BCUT2D eigenvalue weighted by molar-refractivity contribution is 0.199. The summed E-state index contributed by atoms with van der Waals surface area (Å²) < 4.78 is 12.0. The topological polar surface area (TPSA) is 30.5 Å². The molecule has 0 fully saturated rings. The lowest BCUT2D eigenvalue weighted by Gasteiger charge is -2.13. The Balaban J connectivity index is 0.00000288. The van der Waals surface area contributed by atoms with E-state index in [1.807, 2.05) is 24.3 Å². The maximum atomic E-state index is 6.18. The molecule has 0 saturated carbocycles. The van der Waals surface area contributed by atoms with Crippen LogP contribution in [0.1, 0.15) is 11.1 Å². The second kappa shape index (κ2) is 11.2. The first-order valence-electron chi connectivity index (χ1n) is 7.15. The molecule has 132 valence electrons. The molecule has 2 aromatic carbocycles. The Hall–Kier alpha value is -0.490. The van der Waals surface area contributed by atoms with Crippen LogP contribution in [-0.2, 0) is 17.9 Å². The molecular weight excluding hydrogens is 436 g/mol. The Morgan fingerprint density at radius 3 is 2.58 bits per heavy atom. The average Bonchev–Trinajstić information content (AvgIpc) is 2.52. The van der Waals surface area contributed by atoms with Gasteiger partial charge in [0.1, 0.15) is 12.4 Å². The van der Waals surface area contributed by atoms with Crippen molar-refractivity contribution in [1.82, 2.24) is 5.32 Å². The lowest BCUT2D eigenvalue weighted by atomic mass is 10.2. The van der Waals surface area contributed by atoms with Crippen LogP contribution in [0.15, 0.2) is 40.9 Å². The van der Waals surface area contributed by atoms with Crippen LogP contribution in [0.5, 0.6) is 5.75 Å². The molecule has 2 aromatic rings. The molecule has 0 heterocycles. The van der Waals surface area contributed by atoms with E-state index < -0.39 is 0 Å². The van der Waals surface area contributed by atoms with Crippen molar-refractivity contribution >= 4 is 51.5 Å². The van der Waals surface area contributed by atoms with Gasteiger partial charge in [-0.3, -0.25) is 0 Å². The van der Waals surface area contributed by atoms with Gasteiger partial charge in [0.2, 0.25) is 0 Å². The third-order valence-electron chi connectivity index (χ3n) is 3.22. The maximum absolute atomic E-state index is 6.18. The van der Waals surface area contributed by atoms with E-state index in [9.17, 15) is 0 Å². The van der Waals surface area contributed by atoms with Gasteiger partial charge in [-0.15, -0.1) is 12.4 Å². The predicted octanol–water partition coefficient (Wildman–Crippen LogP) is 5.49. The van der Waals surface area contributed by atoms with Crippen molar-refractivity contribution < 1.29 is 9.47 Å². The Morgan fingerprint density at radius 1 is 1.08 bits per heavy atom. The van der Waals surface area contributed by atoms with Gasteiger partial charge in [-0.1, -0.05) is 45.2 Å². The molecule has 0 aromatic heterocycles. The van der Waals surface area contributed by atoms with Gasteiger partial charge >= 0.3 is 0 Å². The molecule has 0 aliphatic carbocycles. The second-order valence-corrected chi connectivity index (χ2v) is 6.71. The monoisotopic (exact) mass is 453 g/mol. The van der Waals surface area contributed by atoms with E-state index in [0.29, 0.717) is 29.8 Å². The highest BCUT2D eigenvalue weighted by Crippen LogP contribution is 2.26. The minimum Gasteiger partial charge on any atom is -0.489 e. The molecule has 0 aliphatic rings. The molecule has 2 rings (SSSR count). The fraction of sp³-hybridized carbons (Fsp3) is 0.294. The van der Waals surface area contributed by atoms with Crippen molar-refractivity contribution in [2.24, 2.45) is 0 Å². The smallest absolute Gasteiger partial charge is 0.124 e. The third-order valence-corrected chi connectivity index (χ3v) is 4.30. The van der Waals surface area contributed by atoms with Crippen molar-refractivity contribution in [2.75, 3.05) is 20.3 Å². The summed E-state index contributed by atoms with van der Waals surface area (Å²) in [5.74, 6) is 0.823. The highest BCUT2D eigenvalue weighted by Gasteiger charge is 2.07. The van der Waals surface area contributed by atoms with Crippen LogP contribution < -0.4 is 10.1 Å². The van der Waals surface area contributed by atoms with Crippen molar-refractivity contribution in [3.8, 4) is 5.75 Å². The van der Waals surface area contributed by atoms with Crippen LogP contribution >= 0.6 is 51.5 Å².